The van der Waals surface area contributed by atoms with Crippen LogP contribution in [0.5, 0.6) is 11.5 Å². The fourth-order valence-corrected chi connectivity index (χ4v) is 3.08. The number of hydrogen-bond acceptors (Lipinski definition) is 5. The second-order valence-electron chi connectivity index (χ2n) is 5.44. The van der Waals surface area contributed by atoms with Crippen LogP contribution in [0.3, 0.4) is 0 Å². The molecule has 1 aliphatic rings. The number of rotatable bonds is 3. The topological polar surface area (TPSA) is 70.3 Å². The minimum Gasteiger partial charge on any atom is -0.493 e. The molecule has 10 heteroatoms. The number of hydrogen-bond donors (Lipinski definition) is 1. The van der Waals surface area contributed by atoms with Crippen molar-refractivity contribution < 1.29 is 27.0 Å². The maximum Gasteiger partial charge on any atom is 0.223 e. The first-order valence-corrected chi connectivity index (χ1v) is 8.01. The number of nitrogens with two attached hydrogens (primary N) is 1. The summed E-state index contributed by atoms with van der Waals surface area (Å²) in [6, 6.07) is 2.75. The van der Waals surface area contributed by atoms with Gasteiger partial charge >= 0.3 is 0 Å². The molecule has 2 N–H and O–H groups in total. The Kier molecular flexibility index (Phi) is 4.55. The van der Waals surface area contributed by atoms with Gasteiger partial charge in [0, 0.05) is 11.5 Å². The Labute approximate surface area is 153 Å². The van der Waals surface area contributed by atoms with E-state index in [4.69, 9.17) is 15.2 Å². The number of ether oxygens (including phenoxy) is 2. The van der Waals surface area contributed by atoms with E-state index in [0.717, 1.165) is 0 Å². The first kappa shape index (κ1) is 18.4. The molecule has 1 aromatic carbocycles. The highest BCUT2D eigenvalue weighted by Gasteiger charge is 2.43. The van der Waals surface area contributed by atoms with E-state index in [9.17, 15) is 17.6 Å². The Morgan fingerprint density at radius 1 is 1.12 bits per heavy atom. The third kappa shape index (κ3) is 2.87. The van der Waals surface area contributed by atoms with Crippen molar-refractivity contribution in [1.82, 2.24) is 9.97 Å². The lowest BCUT2D eigenvalue weighted by Gasteiger charge is -2.24. The number of nitrogens with zero attached hydrogens (tertiary/aromatic N) is 2. The minimum absolute atomic E-state index is 0.0788. The number of allylic oxidation sites excluding steroid dienone is 4. The summed E-state index contributed by atoms with van der Waals surface area (Å²) in [4.78, 5) is 7.77. The second-order valence-corrected chi connectivity index (χ2v) is 6.70. The molecule has 3 rings (SSSR count). The fourth-order valence-electron chi connectivity index (χ4n) is 2.64. The van der Waals surface area contributed by atoms with Crippen molar-refractivity contribution in [2.45, 2.75) is 11.0 Å². The van der Waals surface area contributed by atoms with E-state index < -0.39 is 39.7 Å². The van der Waals surface area contributed by atoms with Crippen LogP contribution in [0.25, 0.3) is 16.5 Å². The number of methoxy groups -OCH3 is 2. The molecule has 1 heterocycles. The highest BCUT2D eigenvalue weighted by Crippen LogP contribution is 2.50. The minimum atomic E-state index is -2.90. The zero-order valence-electron chi connectivity index (χ0n) is 13.5. The predicted molar refractivity (Wildman–Crippen MR) is 91.7 cm³/mol. The van der Waals surface area contributed by atoms with Crippen molar-refractivity contribution in [1.29, 1.82) is 0 Å². The summed E-state index contributed by atoms with van der Waals surface area (Å²) < 4.78 is 64.5. The molecule has 1 atom stereocenters. The standard InChI is InChI=1S/C16H12BrF4N3O2/c1-25-9-3-6-8(4-10(9)26-2)23-15(22)24-13(6)11-12(19)7(18)5-16(17,21)14(11)20/h3-4H,5H2,1-2H3,(H2,22,23,24). The van der Waals surface area contributed by atoms with E-state index in [1.165, 1.54) is 26.4 Å². The zero-order chi connectivity index (χ0) is 19.2. The lowest BCUT2D eigenvalue weighted by Crippen LogP contribution is -2.21. The molecule has 0 amide bonds. The van der Waals surface area contributed by atoms with Crippen LogP contribution in [-0.2, 0) is 0 Å². The summed E-state index contributed by atoms with van der Waals surface area (Å²) >= 11 is 2.44. The van der Waals surface area contributed by atoms with Gasteiger partial charge in [0.25, 0.3) is 0 Å². The number of aromatic nitrogens is 2. The third-order valence-electron chi connectivity index (χ3n) is 3.83. The van der Waals surface area contributed by atoms with Crippen molar-refractivity contribution in [2.75, 3.05) is 20.0 Å². The third-order valence-corrected chi connectivity index (χ3v) is 4.46. The molecular weight excluding hydrogens is 422 g/mol. The lowest BCUT2D eigenvalue weighted by atomic mass is 9.96. The highest BCUT2D eigenvalue weighted by atomic mass is 79.9. The summed E-state index contributed by atoms with van der Waals surface area (Å²) in [7, 11) is 2.74. The van der Waals surface area contributed by atoms with E-state index in [2.05, 4.69) is 25.9 Å². The average molecular weight is 434 g/mol. The monoisotopic (exact) mass is 433 g/mol. The molecule has 5 nitrogen and oxygen atoms in total. The van der Waals surface area contributed by atoms with Gasteiger partial charge in [-0.25, -0.2) is 27.5 Å². The van der Waals surface area contributed by atoms with E-state index >= 15 is 0 Å². The van der Waals surface area contributed by atoms with Gasteiger partial charge in [-0.05, 0) is 22.0 Å². The molecule has 0 aliphatic heterocycles. The summed E-state index contributed by atoms with van der Waals surface area (Å²) in [6.07, 6.45) is -1.12. The molecule has 1 aromatic heterocycles. The maximum absolute atomic E-state index is 14.6. The van der Waals surface area contributed by atoms with Crippen molar-refractivity contribution in [3.8, 4) is 11.5 Å². The van der Waals surface area contributed by atoms with Crippen LogP contribution in [0.1, 0.15) is 12.1 Å². The van der Waals surface area contributed by atoms with Gasteiger partial charge in [-0.2, -0.15) is 0 Å². The first-order valence-electron chi connectivity index (χ1n) is 7.21. The molecule has 0 saturated carbocycles. The SMILES string of the molecule is COc1cc2nc(N)nc(C3=C(F)C(F)(Br)CC(F)=C3F)c2cc1OC. The van der Waals surface area contributed by atoms with Crippen molar-refractivity contribution >= 4 is 38.4 Å². The smallest absolute Gasteiger partial charge is 0.223 e. The van der Waals surface area contributed by atoms with Gasteiger partial charge < -0.3 is 15.2 Å². The van der Waals surface area contributed by atoms with Crippen molar-refractivity contribution in [3.63, 3.8) is 0 Å². The average Bonchev–Trinajstić information content (AvgIpc) is 2.58. The van der Waals surface area contributed by atoms with E-state index in [1.54, 1.807) is 0 Å². The number of benzene rings is 1. The largest absolute Gasteiger partial charge is 0.493 e. The van der Waals surface area contributed by atoms with Crippen molar-refractivity contribution in [2.24, 2.45) is 0 Å². The number of halogens is 5. The molecule has 2 aromatic rings. The predicted octanol–water partition coefficient (Wildman–Crippen LogP) is 4.52. The Morgan fingerprint density at radius 3 is 2.35 bits per heavy atom. The molecule has 138 valence electrons. The summed E-state index contributed by atoms with van der Waals surface area (Å²) in [5.74, 6) is -4.40. The number of alkyl halides is 2. The quantitative estimate of drug-likeness (QED) is 0.568. The second kappa shape index (κ2) is 6.42. The molecule has 0 fully saturated rings. The molecule has 1 unspecified atom stereocenters. The van der Waals surface area contributed by atoms with E-state index in [0.29, 0.717) is 0 Å². The van der Waals surface area contributed by atoms with Crippen LogP contribution in [0.2, 0.25) is 0 Å². The number of fused-ring (bicyclic) bond motifs is 1. The first-order chi connectivity index (χ1) is 12.2. The molecule has 0 bridgehead atoms. The molecule has 26 heavy (non-hydrogen) atoms. The highest BCUT2D eigenvalue weighted by molar-refractivity contribution is 9.10. The fraction of sp³-hybridized carbons (Fsp3) is 0.250. The van der Waals surface area contributed by atoms with E-state index in [-0.39, 0.29) is 28.4 Å². The lowest BCUT2D eigenvalue weighted by molar-refractivity contribution is 0.270. The zero-order valence-corrected chi connectivity index (χ0v) is 15.1. The van der Waals surface area contributed by atoms with Gasteiger partial charge in [0.15, 0.2) is 23.2 Å². The van der Waals surface area contributed by atoms with E-state index in [1.807, 2.05) is 0 Å². The van der Waals surface area contributed by atoms with Gasteiger partial charge in [0.05, 0.1) is 37.4 Å². The van der Waals surface area contributed by atoms with Gasteiger partial charge in [-0.3, -0.25) is 0 Å². The Balaban J connectivity index is 2.41. The molecular formula is C16H12BrF4N3O2. The summed E-state index contributed by atoms with van der Waals surface area (Å²) in [5.41, 5.74) is 4.39. The summed E-state index contributed by atoms with van der Waals surface area (Å²) in [5, 5.41) is 0.0788. The van der Waals surface area contributed by atoms with Gasteiger partial charge in [-0.1, -0.05) is 0 Å². The Morgan fingerprint density at radius 2 is 1.73 bits per heavy atom. The Hall–Kier alpha value is -2.36. The molecule has 0 spiro atoms. The van der Waals surface area contributed by atoms with Gasteiger partial charge in [0.2, 0.25) is 10.5 Å². The molecule has 0 radical (unpaired) electrons. The van der Waals surface area contributed by atoms with Crippen LogP contribution in [0.15, 0.2) is 29.6 Å². The van der Waals surface area contributed by atoms with Crippen LogP contribution in [0.4, 0.5) is 23.5 Å². The number of anilines is 1. The normalized spacial score (nSPS) is 20.7. The number of nitrogen functional groups attached to an aromatic ring is 1. The van der Waals surface area contributed by atoms with Gasteiger partial charge in [0.1, 0.15) is 5.83 Å². The van der Waals surface area contributed by atoms with Gasteiger partial charge in [-0.15, -0.1) is 0 Å². The van der Waals surface area contributed by atoms with Crippen molar-refractivity contribution in [3.05, 3.63) is 35.3 Å². The van der Waals surface area contributed by atoms with Crippen LogP contribution < -0.4 is 15.2 Å². The maximum atomic E-state index is 14.6. The van der Waals surface area contributed by atoms with Crippen LogP contribution in [0, 0.1) is 0 Å². The van der Waals surface area contributed by atoms with Crippen LogP contribution in [-0.4, -0.2) is 28.8 Å². The summed E-state index contributed by atoms with van der Waals surface area (Å²) in [6.45, 7) is 0. The Bertz CT molecular complexity index is 976. The molecule has 1 aliphatic carbocycles. The van der Waals surface area contributed by atoms with Crippen LogP contribution >= 0.6 is 15.9 Å². The molecule has 0 saturated heterocycles.